The summed E-state index contributed by atoms with van der Waals surface area (Å²) in [5.74, 6) is -1.21. The van der Waals surface area contributed by atoms with Crippen molar-refractivity contribution in [3.05, 3.63) is 62.6 Å². The Balaban J connectivity index is 2.11. The summed E-state index contributed by atoms with van der Waals surface area (Å²) in [6.07, 6.45) is 0. The second-order valence-corrected chi connectivity index (χ2v) is 5.58. The van der Waals surface area contributed by atoms with Crippen LogP contribution in [0.3, 0.4) is 0 Å². The van der Waals surface area contributed by atoms with Crippen LogP contribution >= 0.6 is 34.8 Å². The zero-order valence-electron chi connectivity index (χ0n) is 11.1. The minimum atomic E-state index is -0.790. The van der Waals surface area contributed by atoms with Crippen LogP contribution in [0.25, 0.3) is 0 Å². The van der Waals surface area contributed by atoms with Gasteiger partial charge in [-0.25, -0.2) is 4.79 Å². The average Bonchev–Trinajstić information content (AvgIpc) is 2.48. The Kier molecular flexibility index (Phi) is 5.29. The molecule has 0 aliphatic rings. The maximum absolute atomic E-state index is 12.0. The zero-order valence-corrected chi connectivity index (χ0v) is 13.4. The smallest absolute Gasteiger partial charge is 0.340 e. The van der Waals surface area contributed by atoms with E-state index in [0.29, 0.717) is 0 Å². The van der Waals surface area contributed by atoms with E-state index in [0.717, 1.165) is 0 Å². The number of nitrogen functional groups attached to an aromatic ring is 1. The fraction of sp³-hybridized carbons (Fsp3) is 0.0667. The van der Waals surface area contributed by atoms with Crippen molar-refractivity contribution in [2.75, 3.05) is 12.3 Å². The van der Waals surface area contributed by atoms with Crippen LogP contribution in [0.1, 0.15) is 20.7 Å². The Bertz CT molecular complexity index is 747. The van der Waals surface area contributed by atoms with Crippen LogP contribution in [0.15, 0.2) is 36.4 Å². The molecule has 0 amide bonds. The van der Waals surface area contributed by atoms with E-state index < -0.39 is 18.4 Å². The summed E-state index contributed by atoms with van der Waals surface area (Å²) in [5, 5.41) is 0.661. The minimum absolute atomic E-state index is 0.00413. The molecule has 7 heteroatoms. The van der Waals surface area contributed by atoms with Gasteiger partial charge in [0, 0.05) is 10.6 Å². The SMILES string of the molecule is Nc1c(Cl)cc(Cl)cc1C(=O)OCC(=O)c1ccccc1Cl. The molecule has 2 aromatic carbocycles. The summed E-state index contributed by atoms with van der Waals surface area (Å²) in [6, 6.07) is 9.21. The lowest BCUT2D eigenvalue weighted by atomic mass is 10.1. The molecule has 2 rings (SSSR count). The molecule has 0 atom stereocenters. The van der Waals surface area contributed by atoms with Gasteiger partial charge in [0.05, 0.1) is 21.3 Å². The molecule has 0 aliphatic heterocycles. The number of hydrogen-bond donors (Lipinski definition) is 1. The number of hydrogen-bond acceptors (Lipinski definition) is 4. The highest BCUT2D eigenvalue weighted by Crippen LogP contribution is 2.28. The van der Waals surface area contributed by atoms with Gasteiger partial charge < -0.3 is 10.5 Å². The molecule has 0 aromatic heterocycles. The highest BCUT2D eigenvalue weighted by atomic mass is 35.5. The molecular formula is C15H10Cl3NO3. The van der Waals surface area contributed by atoms with Crippen LogP contribution < -0.4 is 5.73 Å². The molecule has 0 heterocycles. The van der Waals surface area contributed by atoms with Gasteiger partial charge in [-0.1, -0.05) is 46.9 Å². The fourth-order valence-electron chi connectivity index (χ4n) is 1.73. The molecule has 22 heavy (non-hydrogen) atoms. The number of halogens is 3. The van der Waals surface area contributed by atoms with Gasteiger partial charge in [-0.2, -0.15) is 0 Å². The number of benzene rings is 2. The molecule has 0 saturated heterocycles. The van der Waals surface area contributed by atoms with Crippen molar-refractivity contribution < 1.29 is 14.3 Å². The van der Waals surface area contributed by atoms with Crippen LogP contribution in [0.4, 0.5) is 5.69 Å². The summed E-state index contributed by atoms with van der Waals surface area (Å²) >= 11 is 17.6. The summed E-state index contributed by atoms with van der Waals surface area (Å²) in [4.78, 5) is 24.0. The second kappa shape index (κ2) is 7.01. The Morgan fingerprint density at radius 2 is 1.68 bits per heavy atom. The molecule has 0 unspecified atom stereocenters. The minimum Gasteiger partial charge on any atom is -0.454 e. The lowest BCUT2D eigenvalue weighted by Gasteiger charge is -2.09. The fourth-order valence-corrected chi connectivity index (χ4v) is 2.46. The third-order valence-corrected chi connectivity index (χ3v) is 3.68. The Hall–Kier alpha value is -1.75. The summed E-state index contributed by atoms with van der Waals surface area (Å²) in [7, 11) is 0. The van der Waals surface area contributed by atoms with Gasteiger partial charge in [-0.05, 0) is 24.3 Å². The van der Waals surface area contributed by atoms with Crippen LogP contribution in [-0.2, 0) is 4.74 Å². The Morgan fingerprint density at radius 3 is 2.36 bits per heavy atom. The number of anilines is 1. The lowest BCUT2D eigenvalue weighted by molar-refractivity contribution is 0.0476. The van der Waals surface area contributed by atoms with Gasteiger partial charge in [0.15, 0.2) is 6.61 Å². The van der Waals surface area contributed by atoms with Crippen molar-refractivity contribution >= 4 is 52.2 Å². The Labute approximate surface area is 141 Å². The van der Waals surface area contributed by atoms with Gasteiger partial charge in [0.2, 0.25) is 5.78 Å². The molecule has 0 aliphatic carbocycles. The standard InChI is InChI=1S/C15H10Cl3NO3/c16-8-5-10(14(19)12(18)6-8)15(21)22-7-13(20)9-3-1-2-4-11(9)17/h1-6H,7,19H2. The summed E-state index contributed by atoms with van der Waals surface area (Å²) in [6.45, 7) is -0.466. The molecule has 0 radical (unpaired) electrons. The topological polar surface area (TPSA) is 69.4 Å². The number of carbonyl (C=O) groups is 2. The first-order valence-electron chi connectivity index (χ1n) is 6.09. The van der Waals surface area contributed by atoms with Crippen LogP contribution in [0, 0.1) is 0 Å². The van der Waals surface area contributed by atoms with Gasteiger partial charge >= 0.3 is 5.97 Å². The normalized spacial score (nSPS) is 10.3. The maximum atomic E-state index is 12.0. The van der Waals surface area contributed by atoms with Gasteiger partial charge in [-0.3, -0.25) is 4.79 Å². The molecule has 2 aromatic rings. The first-order chi connectivity index (χ1) is 10.4. The van der Waals surface area contributed by atoms with Crippen molar-refractivity contribution in [3.8, 4) is 0 Å². The van der Waals surface area contributed by atoms with Gasteiger partial charge in [0.25, 0.3) is 0 Å². The zero-order chi connectivity index (χ0) is 16.3. The maximum Gasteiger partial charge on any atom is 0.340 e. The van der Waals surface area contributed by atoms with Gasteiger partial charge in [-0.15, -0.1) is 0 Å². The van der Waals surface area contributed by atoms with E-state index in [2.05, 4.69) is 0 Å². The second-order valence-electron chi connectivity index (χ2n) is 4.33. The van der Waals surface area contributed by atoms with E-state index in [1.807, 2.05) is 0 Å². The molecule has 4 nitrogen and oxygen atoms in total. The Morgan fingerprint density at radius 1 is 1.00 bits per heavy atom. The summed E-state index contributed by atoms with van der Waals surface area (Å²) < 4.78 is 4.95. The number of carbonyl (C=O) groups excluding carboxylic acids is 2. The first-order valence-corrected chi connectivity index (χ1v) is 7.23. The highest BCUT2D eigenvalue weighted by molar-refractivity contribution is 6.37. The van der Waals surface area contributed by atoms with E-state index in [-0.39, 0.29) is 31.9 Å². The van der Waals surface area contributed by atoms with Crippen molar-refractivity contribution in [2.24, 2.45) is 0 Å². The average molecular weight is 359 g/mol. The van der Waals surface area contributed by atoms with E-state index in [4.69, 9.17) is 45.3 Å². The third-order valence-electron chi connectivity index (χ3n) is 2.82. The number of esters is 1. The van der Waals surface area contributed by atoms with E-state index in [1.54, 1.807) is 24.3 Å². The van der Waals surface area contributed by atoms with E-state index >= 15 is 0 Å². The van der Waals surface area contributed by atoms with Crippen LogP contribution in [-0.4, -0.2) is 18.4 Å². The summed E-state index contributed by atoms with van der Waals surface area (Å²) in [5.41, 5.74) is 6.02. The van der Waals surface area contributed by atoms with Crippen molar-refractivity contribution in [3.63, 3.8) is 0 Å². The number of nitrogens with two attached hydrogens (primary N) is 1. The largest absolute Gasteiger partial charge is 0.454 e. The van der Waals surface area contributed by atoms with Gasteiger partial charge in [0.1, 0.15) is 0 Å². The van der Waals surface area contributed by atoms with Crippen LogP contribution in [0.5, 0.6) is 0 Å². The van der Waals surface area contributed by atoms with Crippen molar-refractivity contribution in [1.29, 1.82) is 0 Å². The molecule has 0 saturated carbocycles. The number of ketones is 1. The lowest BCUT2D eigenvalue weighted by Crippen LogP contribution is -2.16. The quantitative estimate of drug-likeness (QED) is 0.503. The number of Topliss-reactive ketones (excluding diaryl/α,β-unsaturated/α-hetero) is 1. The monoisotopic (exact) mass is 357 g/mol. The highest BCUT2D eigenvalue weighted by Gasteiger charge is 2.18. The van der Waals surface area contributed by atoms with Crippen molar-refractivity contribution in [2.45, 2.75) is 0 Å². The number of rotatable bonds is 4. The van der Waals surface area contributed by atoms with Crippen LogP contribution in [0.2, 0.25) is 15.1 Å². The van der Waals surface area contributed by atoms with E-state index in [1.165, 1.54) is 12.1 Å². The molecule has 114 valence electrons. The molecular weight excluding hydrogens is 349 g/mol. The first kappa shape index (κ1) is 16.6. The van der Waals surface area contributed by atoms with Crippen molar-refractivity contribution in [1.82, 2.24) is 0 Å². The molecule has 0 spiro atoms. The molecule has 0 bridgehead atoms. The predicted molar refractivity (Wildman–Crippen MR) is 86.9 cm³/mol. The molecule has 0 fully saturated rings. The number of ether oxygens (including phenoxy) is 1. The molecule has 2 N–H and O–H groups in total. The third kappa shape index (κ3) is 3.71. The predicted octanol–water partition coefficient (Wildman–Crippen LogP) is 4.27. The van der Waals surface area contributed by atoms with E-state index in [9.17, 15) is 9.59 Å².